The van der Waals surface area contributed by atoms with Gasteiger partial charge in [-0.2, -0.15) is 0 Å². The van der Waals surface area contributed by atoms with Crippen LogP contribution in [0.2, 0.25) is 0 Å². The molecule has 1 aliphatic heterocycles. The van der Waals surface area contributed by atoms with E-state index in [1.54, 1.807) is 24.3 Å². The predicted molar refractivity (Wildman–Crippen MR) is 100 cm³/mol. The van der Waals surface area contributed by atoms with Gasteiger partial charge in [-0.1, -0.05) is 12.1 Å². The van der Waals surface area contributed by atoms with Crippen LogP contribution in [0.15, 0.2) is 48.5 Å². The molecule has 0 atom stereocenters. The van der Waals surface area contributed by atoms with Crippen LogP contribution in [0.1, 0.15) is 20.7 Å². The Morgan fingerprint density at radius 3 is 2.44 bits per heavy atom. The highest BCUT2D eigenvalue weighted by Crippen LogP contribution is 2.16. The lowest BCUT2D eigenvalue weighted by Crippen LogP contribution is -2.41. The smallest absolute Gasteiger partial charge is 0.255 e. The molecule has 0 spiro atoms. The van der Waals surface area contributed by atoms with Crippen LogP contribution in [0.4, 0.5) is 10.1 Å². The highest BCUT2D eigenvalue weighted by molar-refractivity contribution is 6.08. The molecule has 3 rings (SSSR count). The van der Waals surface area contributed by atoms with Crippen LogP contribution in [0.3, 0.4) is 0 Å². The number of halogens is 1. The van der Waals surface area contributed by atoms with E-state index in [1.807, 2.05) is 0 Å². The van der Waals surface area contributed by atoms with E-state index in [4.69, 9.17) is 4.74 Å². The van der Waals surface area contributed by atoms with Crippen LogP contribution in [0, 0.1) is 5.82 Å². The number of carbonyl (C=O) groups excluding carboxylic acids is 2. The Kier molecular flexibility index (Phi) is 6.51. The fraction of sp³-hybridized carbons (Fsp3) is 0.300. The van der Waals surface area contributed by atoms with E-state index in [-0.39, 0.29) is 5.91 Å². The van der Waals surface area contributed by atoms with Crippen LogP contribution in [-0.4, -0.2) is 56.1 Å². The summed E-state index contributed by atoms with van der Waals surface area (Å²) in [5, 5.41) is 5.60. The highest BCUT2D eigenvalue weighted by atomic mass is 19.1. The number of carbonyl (C=O) groups is 2. The Balaban J connectivity index is 1.59. The summed E-state index contributed by atoms with van der Waals surface area (Å²) in [6, 6.07) is 12.0. The first-order chi connectivity index (χ1) is 13.1. The number of amides is 2. The van der Waals surface area contributed by atoms with Crippen LogP contribution >= 0.6 is 0 Å². The molecule has 2 aromatic rings. The molecule has 0 bridgehead atoms. The summed E-state index contributed by atoms with van der Waals surface area (Å²) >= 11 is 0. The minimum absolute atomic E-state index is 0.252. The maximum atomic E-state index is 13.0. The molecule has 0 radical (unpaired) electrons. The van der Waals surface area contributed by atoms with Crippen molar-refractivity contribution < 1.29 is 18.7 Å². The highest BCUT2D eigenvalue weighted by Gasteiger charge is 2.15. The summed E-state index contributed by atoms with van der Waals surface area (Å²) in [6.45, 7) is 4.41. The standard InChI is InChI=1S/C20H22FN3O3/c21-16-7-5-15(6-8-16)19(25)23-18-4-2-1-3-17(18)20(26)22-9-10-24-11-13-27-14-12-24/h1-8H,9-14H2,(H,22,26)(H,23,25). The van der Waals surface area contributed by atoms with Gasteiger partial charge in [-0.25, -0.2) is 4.39 Å². The van der Waals surface area contributed by atoms with Gasteiger partial charge in [0.25, 0.3) is 11.8 Å². The van der Waals surface area contributed by atoms with E-state index in [0.29, 0.717) is 36.6 Å². The fourth-order valence-electron chi connectivity index (χ4n) is 2.83. The van der Waals surface area contributed by atoms with E-state index in [0.717, 1.165) is 19.6 Å². The summed E-state index contributed by atoms with van der Waals surface area (Å²) in [7, 11) is 0. The molecule has 2 N–H and O–H groups in total. The molecule has 2 amide bonds. The molecule has 0 aromatic heterocycles. The fourth-order valence-corrected chi connectivity index (χ4v) is 2.83. The second-order valence-corrected chi connectivity index (χ2v) is 6.22. The molecule has 1 saturated heterocycles. The average Bonchev–Trinajstić information content (AvgIpc) is 2.69. The molecule has 1 heterocycles. The van der Waals surface area contributed by atoms with Crippen molar-refractivity contribution in [3.05, 3.63) is 65.5 Å². The molecule has 0 aliphatic carbocycles. The lowest BCUT2D eigenvalue weighted by atomic mass is 10.1. The first-order valence-corrected chi connectivity index (χ1v) is 8.88. The van der Waals surface area contributed by atoms with Crippen molar-refractivity contribution >= 4 is 17.5 Å². The number of ether oxygens (including phenoxy) is 1. The topological polar surface area (TPSA) is 70.7 Å². The number of hydrogen-bond donors (Lipinski definition) is 2. The number of nitrogens with one attached hydrogen (secondary N) is 2. The third-order valence-electron chi connectivity index (χ3n) is 4.34. The van der Waals surface area contributed by atoms with Gasteiger partial charge in [0.1, 0.15) is 5.82 Å². The number of nitrogens with zero attached hydrogens (tertiary/aromatic N) is 1. The Bertz CT molecular complexity index is 789. The van der Waals surface area contributed by atoms with Crippen molar-refractivity contribution in [2.24, 2.45) is 0 Å². The van der Waals surface area contributed by atoms with Crippen LogP contribution < -0.4 is 10.6 Å². The summed E-state index contributed by atoms with van der Waals surface area (Å²) in [6.07, 6.45) is 0. The molecule has 1 aliphatic rings. The number of hydrogen-bond acceptors (Lipinski definition) is 4. The van der Waals surface area contributed by atoms with Crippen LogP contribution in [0.25, 0.3) is 0 Å². The minimum Gasteiger partial charge on any atom is -0.379 e. The number of para-hydroxylation sites is 1. The first-order valence-electron chi connectivity index (χ1n) is 8.88. The summed E-state index contributed by atoms with van der Waals surface area (Å²) in [5.74, 6) is -1.06. The Hall–Kier alpha value is -2.77. The lowest BCUT2D eigenvalue weighted by Gasteiger charge is -2.26. The first kappa shape index (κ1) is 19.0. The zero-order valence-corrected chi connectivity index (χ0v) is 14.9. The normalized spacial score (nSPS) is 14.6. The van der Waals surface area contributed by atoms with Crippen LogP contribution in [-0.2, 0) is 4.74 Å². The zero-order valence-electron chi connectivity index (χ0n) is 14.9. The van der Waals surface area contributed by atoms with Crippen molar-refractivity contribution in [1.29, 1.82) is 0 Å². The van der Waals surface area contributed by atoms with Crippen molar-refractivity contribution in [1.82, 2.24) is 10.2 Å². The quantitative estimate of drug-likeness (QED) is 0.816. The van der Waals surface area contributed by atoms with Gasteiger partial charge in [-0.3, -0.25) is 14.5 Å². The third kappa shape index (κ3) is 5.35. The molecule has 1 fully saturated rings. The zero-order chi connectivity index (χ0) is 19.1. The second-order valence-electron chi connectivity index (χ2n) is 6.22. The molecule has 0 saturated carbocycles. The predicted octanol–water partition coefficient (Wildman–Crippen LogP) is 2.14. The number of benzene rings is 2. The van der Waals surface area contributed by atoms with Crippen molar-refractivity contribution in [3.63, 3.8) is 0 Å². The maximum Gasteiger partial charge on any atom is 0.255 e. The van der Waals surface area contributed by atoms with Gasteiger partial charge in [0.05, 0.1) is 24.5 Å². The maximum absolute atomic E-state index is 13.0. The average molecular weight is 371 g/mol. The third-order valence-corrected chi connectivity index (χ3v) is 4.34. The van der Waals surface area contributed by atoms with Gasteiger partial charge in [0, 0.05) is 31.7 Å². The number of rotatable bonds is 6. The lowest BCUT2D eigenvalue weighted by molar-refractivity contribution is 0.0383. The van der Waals surface area contributed by atoms with Gasteiger partial charge in [-0.15, -0.1) is 0 Å². The second kappa shape index (κ2) is 9.25. The van der Waals surface area contributed by atoms with Gasteiger partial charge < -0.3 is 15.4 Å². The Labute approximate surface area is 157 Å². The molecule has 2 aromatic carbocycles. The van der Waals surface area contributed by atoms with Crippen LogP contribution in [0.5, 0.6) is 0 Å². The van der Waals surface area contributed by atoms with Crippen molar-refractivity contribution in [2.45, 2.75) is 0 Å². The largest absolute Gasteiger partial charge is 0.379 e. The van der Waals surface area contributed by atoms with Gasteiger partial charge in [-0.05, 0) is 36.4 Å². The minimum atomic E-state index is -0.411. The molecular formula is C20H22FN3O3. The van der Waals surface area contributed by atoms with Gasteiger partial charge in [0.15, 0.2) is 0 Å². The molecule has 6 nitrogen and oxygen atoms in total. The summed E-state index contributed by atoms with van der Waals surface area (Å²) < 4.78 is 18.3. The Morgan fingerprint density at radius 1 is 1.00 bits per heavy atom. The van der Waals surface area contributed by atoms with E-state index in [9.17, 15) is 14.0 Å². The van der Waals surface area contributed by atoms with E-state index >= 15 is 0 Å². The van der Waals surface area contributed by atoms with Gasteiger partial charge >= 0.3 is 0 Å². The summed E-state index contributed by atoms with van der Waals surface area (Å²) in [4.78, 5) is 27.1. The van der Waals surface area contributed by atoms with Gasteiger partial charge in [0.2, 0.25) is 0 Å². The van der Waals surface area contributed by atoms with Crippen molar-refractivity contribution in [2.75, 3.05) is 44.7 Å². The number of anilines is 1. The monoisotopic (exact) mass is 371 g/mol. The molecular weight excluding hydrogens is 349 g/mol. The molecule has 7 heteroatoms. The molecule has 142 valence electrons. The van der Waals surface area contributed by atoms with E-state index in [2.05, 4.69) is 15.5 Å². The number of morpholine rings is 1. The van der Waals surface area contributed by atoms with Crippen molar-refractivity contribution in [3.8, 4) is 0 Å². The molecule has 27 heavy (non-hydrogen) atoms. The molecule has 0 unspecified atom stereocenters. The van der Waals surface area contributed by atoms with E-state index < -0.39 is 11.7 Å². The Morgan fingerprint density at radius 2 is 1.70 bits per heavy atom. The van der Waals surface area contributed by atoms with E-state index in [1.165, 1.54) is 24.3 Å². The SMILES string of the molecule is O=C(Nc1ccccc1C(=O)NCCN1CCOCC1)c1ccc(F)cc1. The summed E-state index contributed by atoms with van der Waals surface area (Å²) in [5.41, 5.74) is 1.12.